The van der Waals surface area contributed by atoms with E-state index in [2.05, 4.69) is 56.8 Å². The van der Waals surface area contributed by atoms with E-state index in [0.717, 1.165) is 43.1 Å². The minimum atomic E-state index is 0.239. The van der Waals surface area contributed by atoms with E-state index in [0.29, 0.717) is 0 Å². The topological polar surface area (TPSA) is 37.8 Å². The van der Waals surface area contributed by atoms with E-state index < -0.39 is 0 Å². The molecule has 0 unspecified atom stereocenters. The second-order valence-electron chi connectivity index (χ2n) is 6.53. The van der Waals surface area contributed by atoms with Crippen LogP contribution in [0.25, 0.3) is 0 Å². The van der Waals surface area contributed by atoms with Crippen LogP contribution in [-0.4, -0.2) is 23.1 Å². The van der Waals surface area contributed by atoms with Crippen LogP contribution in [0.1, 0.15) is 56.9 Å². The van der Waals surface area contributed by atoms with Crippen LogP contribution in [0.3, 0.4) is 0 Å². The van der Waals surface area contributed by atoms with Crippen molar-refractivity contribution in [3.8, 4) is 0 Å². The van der Waals surface area contributed by atoms with Crippen LogP contribution >= 0.6 is 0 Å². The molecule has 0 aromatic carbocycles. The van der Waals surface area contributed by atoms with Crippen molar-refractivity contribution in [3.63, 3.8) is 0 Å². The van der Waals surface area contributed by atoms with E-state index in [4.69, 9.17) is 0 Å². The predicted molar refractivity (Wildman–Crippen MR) is 81.5 cm³/mol. The summed E-state index contributed by atoms with van der Waals surface area (Å²) in [4.78, 5) is 9.36. The minimum absolute atomic E-state index is 0.239. The molecule has 1 heterocycles. The van der Waals surface area contributed by atoms with Crippen molar-refractivity contribution in [1.82, 2.24) is 15.3 Å². The maximum atomic E-state index is 4.68. The van der Waals surface area contributed by atoms with E-state index >= 15 is 0 Å². The molecular weight excluding hydrogens is 234 g/mol. The molecular formula is C16H29N3. The Labute approximate surface area is 118 Å². The van der Waals surface area contributed by atoms with Crippen LogP contribution in [0.15, 0.2) is 0 Å². The quantitative estimate of drug-likeness (QED) is 0.801. The van der Waals surface area contributed by atoms with Crippen LogP contribution < -0.4 is 5.32 Å². The number of nitrogens with one attached hydrogen (secondary N) is 1. The smallest absolute Gasteiger partial charge is 0.129 e. The van der Waals surface area contributed by atoms with E-state index in [-0.39, 0.29) is 5.41 Å². The van der Waals surface area contributed by atoms with Gasteiger partial charge in [0.05, 0.1) is 0 Å². The molecule has 0 aliphatic carbocycles. The molecule has 108 valence electrons. The molecule has 0 saturated heterocycles. The lowest BCUT2D eigenvalue weighted by Gasteiger charge is -2.18. The fraction of sp³-hybridized carbons (Fsp3) is 0.750. The van der Waals surface area contributed by atoms with Crippen LogP contribution in [0, 0.1) is 19.3 Å². The highest BCUT2D eigenvalue weighted by Gasteiger charge is 2.15. The van der Waals surface area contributed by atoms with Gasteiger partial charge in [0, 0.05) is 17.8 Å². The van der Waals surface area contributed by atoms with Crippen LogP contribution in [0.5, 0.6) is 0 Å². The van der Waals surface area contributed by atoms with Gasteiger partial charge in [0.25, 0.3) is 0 Å². The van der Waals surface area contributed by atoms with Crippen molar-refractivity contribution in [2.45, 2.75) is 60.8 Å². The normalized spacial score (nSPS) is 11.9. The van der Waals surface area contributed by atoms with Gasteiger partial charge in [-0.15, -0.1) is 0 Å². The molecule has 0 aliphatic rings. The average molecular weight is 263 g/mol. The van der Waals surface area contributed by atoms with Gasteiger partial charge in [-0.3, -0.25) is 0 Å². The molecule has 0 spiro atoms. The maximum absolute atomic E-state index is 4.68. The standard InChI is InChI=1S/C16H29N3/c1-7-9-17-10-8-14-12(2)18-15(19-13(14)3)11-16(4,5)6/h17H,7-11H2,1-6H3. The first-order valence-corrected chi connectivity index (χ1v) is 7.37. The summed E-state index contributed by atoms with van der Waals surface area (Å²) in [5.41, 5.74) is 3.83. The zero-order valence-corrected chi connectivity index (χ0v) is 13.4. The van der Waals surface area contributed by atoms with E-state index in [1.54, 1.807) is 0 Å². The van der Waals surface area contributed by atoms with Gasteiger partial charge in [0.15, 0.2) is 0 Å². The zero-order valence-electron chi connectivity index (χ0n) is 13.4. The summed E-state index contributed by atoms with van der Waals surface area (Å²) in [7, 11) is 0. The van der Waals surface area contributed by atoms with Crippen LogP contribution in [0.4, 0.5) is 0 Å². The Bertz CT molecular complexity index is 382. The predicted octanol–water partition coefficient (Wildman–Crippen LogP) is 3.22. The molecule has 1 N–H and O–H groups in total. The molecule has 0 radical (unpaired) electrons. The van der Waals surface area contributed by atoms with Gasteiger partial charge in [0.1, 0.15) is 5.82 Å². The van der Waals surface area contributed by atoms with Gasteiger partial charge in [-0.2, -0.15) is 0 Å². The summed E-state index contributed by atoms with van der Waals surface area (Å²) in [5, 5.41) is 3.44. The first kappa shape index (κ1) is 16.1. The van der Waals surface area contributed by atoms with E-state index in [1.165, 1.54) is 12.0 Å². The Morgan fingerprint density at radius 3 is 2.05 bits per heavy atom. The van der Waals surface area contributed by atoms with Crippen molar-refractivity contribution in [1.29, 1.82) is 0 Å². The van der Waals surface area contributed by atoms with E-state index in [9.17, 15) is 0 Å². The third kappa shape index (κ3) is 5.68. The monoisotopic (exact) mass is 263 g/mol. The molecule has 3 nitrogen and oxygen atoms in total. The Hall–Kier alpha value is -0.960. The highest BCUT2D eigenvalue weighted by Crippen LogP contribution is 2.20. The highest BCUT2D eigenvalue weighted by molar-refractivity contribution is 5.25. The third-order valence-corrected chi connectivity index (χ3v) is 3.13. The second-order valence-corrected chi connectivity index (χ2v) is 6.53. The van der Waals surface area contributed by atoms with Gasteiger partial charge in [0.2, 0.25) is 0 Å². The first-order valence-electron chi connectivity index (χ1n) is 7.37. The van der Waals surface area contributed by atoms with Crippen molar-refractivity contribution < 1.29 is 0 Å². The molecule has 0 saturated carbocycles. The summed E-state index contributed by atoms with van der Waals surface area (Å²) in [6, 6.07) is 0. The number of hydrogen-bond donors (Lipinski definition) is 1. The average Bonchev–Trinajstić information content (AvgIpc) is 2.24. The van der Waals surface area contributed by atoms with Gasteiger partial charge in [-0.05, 0) is 50.8 Å². The molecule has 1 aromatic heterocycles. The summed E-state index contributed by atoms with van der Waals surface area (Å²) in [6.07, 6.45) is 3.13. The zero-order chi connectivity index (χ0) is 14.5. The number of rotatable bonds is 6. The fourth-order valence-corrected chi connectivity index (χ4v) is 2.24. The van der Waals surface area contributed by atoms with Crippen molar-refractivity contribution in [3.05, 3.63) is 22.8 Å². The SMILES string of the molecule is CCCNCCc1c(C)nc(CC(C)(C)C)nc1C. The molecule has 0 atom stereocenters. The van der Waals surface area contributed by atoms with Gasteiger partial charge in [-0.25, -0.2) is 9.97 Å². The van der Waals surface area contributed by atoms with Crippen molar-refractivity contribution in [2.75, 3.05) is 13.1 Å². The molecule has 0 amide bonds. The molecule has 3 heteroatoms. The van der Waals surface area contributed by atoms with Crippen LogP contribution in [-0.2, 0) is 12.8 Å². The molecule has 19 heavy (non-hydrogen) atoms. The van der Waals surface area contributed by atoms with Crippen LogP contribution in [0.2, 0.25) is 0 Å². The number of hydrogen-bond acceptors (Lipinski definition) is 3. The Morgan fingerprint density at radius 1 is 1.00 bits per heavy atom. The third-order valence-electron chi connectivity index (χ3n) is 3.13. The number of aryl methyl sites for hydroxylation is 2. The maximum Gasteiger partial charge on any atom is 0.129 e. The Balaban J connectivity index is 2.74. The Kier molecular flexibility index (Phi) is 5.92. The van der Waals surface area contributed by atoms with E-state index in [1.807, 2.05) is 0 Å². The largest absolute Gasteiger partial charge is 0.316 e. The molecule has 0 aliphatic heterocycles. The summed E-state index contributed by atoms with van der Waals surface area (Å²) in [6.45, 7) is 15.2. The second kappa shape index (κ2) is 6.99. The van der Waals surface area contributed by atoms with Gasteiger partial charge in [-0.1, -0.05) is 27.7 Å². The Morgan fingerprint density at radius 2 is 1.58 bits per heavy atom. The van der Waals surface area contributed by atoms with Crippen molar-refractivity contribution >= 4 is 0 Å². The lowest BCUT2D eigenvalue weighted by Crippen LogP contribution is -2.20. The first-order chi connectivity index (χ1) is 8.83. The lowest BCUT2D eigenvalue weighted by atomic mass is 9.92. The lowest BCUT2D eigenvalue weighted by molar-refractivity contribution is 0.399. The number of nitrogens with zero attached hydrogens (tertiary/aromatic N) is 2. The molecule has 1 aromatic rings. The minimum Gasteiger partial charge on any atom is -0.316 e. The summed E-state index contributed by atoms with van der Waals surface area (Å²) < 4.78 is 0. The summed E-state index contributed by atoms with van der Waals surface area (Å²) >= 11 is 0. The molecule has 0 fully saturated rings. The fourth-order valence-electron chi connectivity index (χ4n) is 2.24. The van der Waals surface area contributed by atoms with Gasteiger partial charge < -0.3 is 5.32 Å². The highest BCUT2D eigenvalue weighted by atomic mass is 14.9. The molecule has 0 bridgehead atoms. The van der Waals surface area contributed by atoms with Gasteiger partial charge >= 0.3 is 0 Å². The molecule has 1 rings (SSSR count). The summed E-state index contributed by atoms with van der Waals surface area (Å²) in [5.74, 6) is 0.979. The van der Waals surface area contributed by atoms with Crippen molar-refractivity contribution in [2.24, 2.45) is 5.41 Å². The number of aromatic nitrogens is 2.